The average molecular weight is 348 g/mol. The fraction of sp³-hybridized carbons (Fsp3) is 0. The van der Waals surface area contributed by atoms with Crippen LogP contribution in [0.1, 0.15) is 18.5 Å². The second-order valence-electron chi connectivity index (χ2n) is 2.94. The third kappa shape index (κ3) is 2.20. The van der Waals surface area contributed by atoms with Crippen molar-refractivity contribution in [3.63, 3.8) is 0 Å². The quantitative estimate of drug-likeness (QED) is 0.808. The van der Waals surface area contributed by atoms with Crippen LogP contribution in [0.15, 0.2) is 24.3 Å². The molecule has 4 nitrogen and oxygen atoms in total. The zero-order valence-electron chi connectivity index (χ0n) is 7.84. The fourth-order valence-electron chi connectivity index (χ4n) is 1.17. The van der Waals surface area contributed by atoms with Gasteiger partial charge in [-0.25, -0.2) is 0 Å². The number of carboxylic acid groups (broad SMARTS) is 2. The molecule has 2 rings (SSSR count). The van der Waals surface area contributed by atoms with E-state index in [-0.39, 0.29) is 29.0 Å². The first-order chi connectivity index (χ1) is 7.58. The fourth-order valence-corrected chi connectivity index (χ4v) is 5.29. The summed E-state index contributed by atoms with van der Waals surface area (Å²) in [5.74, 6) is -1.77. The summed E-state index contributed by atoms with van der Waals surface area (Å²) < 4.78 is 2.81. The number of carbonyl (C=O) groups is 2. The molecule has 0 saturated carbocycles. The zero-order chi connectivity index (χ0) is 11.7. The molecular weight excluding hydrogens is 342 g/mol. The predicted octanol–water partition coefficient (Wildman–Crippen LogP) is 0.864. The summed E-state index contributed by atoms with van der Waals surface area (Å²) >= 11 is -0.386. The number of carboxylic acids is 2. The van der Waals surface area contributed by atoms with E-state index < -0.39 is 11.9 Å². The van der Waals surface area contributed by atoms with Gasteiger partial charge in [-0.1, -0.05) is 0 Å². The Morgan fingerprint density at radius 1 is 0.812 bits per heavy atom. The van der Waals surface area contributed by atoms with Gasteiger partial charge in [0, 0.05) is 0 Å². The molecule has 0 aliphatic heterocycles. The first kappa shape index (κ1) is 11.4. The van der Waals surface area contributed by atoms with Gasteiger partial charge in [-0.05, 0) is 0 Å². The van der Waals surface area contributed by atoms with Crippen LogP contribution < -0.4 is 0 Å². The molecular formula is C10H6O4Se2. The molecule has 6 heteroatoms. The number of aromatic carboxylic acids is 2. The summed E-state index contributed by atoms with van der Waals surface area (Å²) in [5.41, 5.74) is 0. The molecule has 2 aromatic rings. The van der Waals surface area contributed by atoms with E-state index in [0.717, 1.165) is 8.87 Å². The second kappa shape index (κ2) is 4.43. The third-order valence-corrected chi connectivity index (χ3v) is 7.17. The van der Waals surface area contributed by atoms with Crippen molar-refractivity contribution >= 4 is 40.9 Å². The minimum atomic E-state index is -0.885. The van der Waals surface area contributed by atoms with Gasteiger partial charge in [-0.15, -0.1) is 0 Å². The van der Waals surface area contributed by atoms with Gasteiger partial charge in [0.2, 0.25) is 0 Å². The minimum absolute atomic E-state index is 0.193. The molecule has 0 radical (unpaired) electrons. The van der Waals surface area contributed by atoms with Gasteiger partial charge in [0.25, 0.3) is 0 Å². The maximum absolute atomic E-state index is 10.7. The number of hydrogen-bond acceptors (Lipinski definition) is 2. The van der Waals surface area contributed by atoms with Crippen LogP contribution in [0.2, 0.25) is 0 Å². The van der Waals surface area contributed by atoms with Crippen molar-refractivity contribution in [2.24, 2.45) is 0 Å². The normalized spacial score (nSPS) is 10.2. The van der Waals surface area contributed by atoms with Gasteiger partial charge in [-0.2, -0.15) is 0 Å². The Morgan fingerprint density at radius 3 is 1.44 bits per heavy atom. The molecule has 0 spiro atoms. The molecule has 2 aromatic heterocycles. The Labute approximate surface area is 103 Å². The molecule has 0 unspecified atom stereocenters. The van der Waals surface area contributed by atoms with Gasteiger partial charge >= 0.3 is 103 Å². The summed E-state index contributed by atoms with van der Waals surface area (Å²) in [5, 5.41) is 17.6. The number of rotatable bonds is 3. The molecule has 2 heterocycles. The molecule has 0 atom stereocenters. The first-order valence-corrected chi connectivity index (χ1v) is 7.67. The molecule has 0 fully saturated rings. The predicted molar refractivity (Wildman–Crippen MR) is 59.7 cm³/mol. The van der Waals surface area contributed by atoms with Crippen LogP contribution in [0, 0.1) is 0 Å². The van der Waals surface area contributed by atoms with Gasteiger partial charge in [0.15, 0.2) is 0 Å². The van der Waals surface area contributed by atoms with E-state index >= 15 is 0 Å². The monoisotopic (exact) mass is 350 g/mol. The second-order valence-corrected chi connectivity index (χ2v) is 7.49. The van der Waals surface area contributed by atoms with E-state index in [1.807, 2.05) is 0 Å². The third-order valence-electron chi connectivity index (χ3n) is 1.88. The Morgan fingerprint density at radius 2 is 1.19 bits per heavy atom. The standard InChI is InChI=1S/C10H6O4Se2/c11-9(12)7-3-1-5(15-7)6-2-4-8(16-6)10(13)14/h1-4H,(H,11,12)(H,13,14). The molecule has 0 amide bonds. The molecule has 0 aliphatic rings. The number of hydrogen-bond donors (Lipinski definition) is 2. The Bertz CT molecular complexity index is 502. The summed E-state index contributed by atoms with van der Waals surface area (Å²) in [6.45, 7) is 0. The molecule has 0 aliphatic carbocycles. The summed E-state index contributed by atoms with van der Waals surface area (Å²) in [4.78, 5) is 21.5. The van der Waals surface area contributed by atoms with Crippen molar-refractivity contribution in [1.29, 1.82) is 0 Å². The zero-order valence-corrected chi connectivity index (χ0v) is 11.3. The molecule has 2 N–H and O–H groups in total. The van der Waals surface area contributed by atoms with E-state index in [9.17, 15) is 9.59 Å². The van der Waals surface area contributed by atoms with E-state index in [4.69, 9.17) is 10.2 Å². The summed E-state index contributed by atoms with van der Waals surface area (Å²) in [6, 6.07) is 6.78. The van der Waals surface area contributed by atoms with Crippen LogP contribution in [0.3, 0.4) is 0 Å². The van der Waals surface area contributed by atoms with Crippen molar-refractivity contribution in [3.8, 4) is 8.87 Å². The van der Waals surface area contributed by atoms with Crippen LogP contribution >= 0.6 is 0 Å². The van der Waals surface area contributed by atoms with Crippen LogP contribution in [-0.2, 0) is 0 Å². The van der Waals surface area contributed by atoms with Crippen molar-refractivity contribution < 1.29 is 19.8 Å². The van der Waals surface area contributed by atoms with Crippen molar-refractivity contribution in [1.82, 2.24) is 0 Å². The van der Waals surface area contributed by atoms with Gasteiger partial charge in [0.05, 0.1) is 0 Å². The molecule has 16 heavy (non-hydrogen) atoms. The van der Waals surface area contributed by atoms with E-state index in [1.165, 1.54) is 0 Å². The Hall–Kier alpha value is -1.06. The van der Waals surface area contributed by atoms with Crippen molar-refractivity contribution in [3.05, 3.63) is 33.1 Å². The van der Waals surface area contributed by atoms with Crippen molar-refractivity contribution in [2.75, 3.05) is 0 Å². The van der Waals surface area contributed by atoms with E-state index in [0.29, 0.717) is 8.87 Å². The SMILES string of the molecule is O=C(O)c1ccc(-c2ccc(C(=O)O)[se]2)[se]1. The first-order valence-electron chi connectivity index (χ1n) is 4.24. The van der Waals surface area contributed by atoms with Crippen LogP contribution in [0.4, 0.5) is 0 Å². The Kier molecular flexibility index (Phi) is 3.17. The van der Waals surface area contributed by atoms with Crippen molar-refractivity contribution in [2.45, 2.75) is 0 Å². The van der Waals surface area contributed by atoms with Crippen LogP contribution in [0.25, 0.3) is 8.87 Å². The van der Waals surface area contributed by atoms with Crippen LogP contribution in [-0.4, -0.2) is 51.2 Å². The molecule has 0 bridgehead atoms. The van der Waals surface area contributed by atoms with Crippen LogP contribution in [0.5, 0.6) is 0 Å². The summed E-state index contributed by atoms with van der Waals surface area (Å²) in [7, 11) is 0. The molecule has 0 aromatic carbocycles. The Balaban J connectivity index is 2.35. The van der Waals surface area contributed by atoms with E-state index in [1.54, 1.807) is 24.3 Å². The van der Waals surface area contributed by atoms with Gasteiger partial charge in [0.1, 0.15) is 0 Å². The summed E-state index contributed by atoms with van der Waals surface area (Å²) in [6.07, 6.45) is 0. The maximum atomic E-state index is 10.7. The molecule has 0 saturated heterocycles. The van der Waals surface area contributed by atoms with Gasteiger partial charge in [-0.3, -0.25) is 0 Å². The average Bonchev–Trinajstić information content (AvgIpc) is 2.86. The van der Waals surface area contributed by atoms with Gasteiger partial charge < -0.3 is 0 Å². The topological polar surface area (TPSA) is 74.6 Å². The van der Waals surface area contributed by atoms with E-state index in [2.05, 4.69) is 0 Å². The molecule has 82 valence electrons.